The SMILES string of the molecule is O=C1Cc2cc3c(cc2C(c2ccccc2)=NN1C1CCCC1)OCO3. The summed E-state index contributed by atoms with van der Waals surface area (Å²) in [6.07, 6.45) is 4.70. The Kier molecular flexibility index (Phi) is 3.66. The van der Waals surface area contributed by atoms with Crippen molar-refractivity contribution < 1.29 is 14.3 Å². The molecule has 0 saturated heterocycles. The molecule has 0 bridgehead atoms. The second-order valence-electron chi connectivity index (χ2n) is 7.03. The molecule has 0 atom stereocenters. The minimum atomic E-state index is 0.0583. The highest BCUT2D eigenvalue weighted by molar-refractivity contribution is 6.15. The number of hydrazone groups is 1. The molecule has 2 aromatic rings. The highest BCUT2D eigenvalue weighted by Gasteiger charge is 2.32. The van der Waals surface area contributed by atoms with Gasteiger partial charge in [-0.2, -0.15) is 5.10 Å². The first kappa shape index (κ1) is 15.4. The van der Waals surface area contributed by atoms with Gasteiger partial charge < -0.3 is 9.47 Å². The smallest absolute Gasteiger partial charge is 0.247 e. The van der Waals surface area contributed by atoms with Crippen LogP contribution in [0, 0.1) is 0 Å². The van der Waals surface area contributed by atoms with Gasteiger partial charge in [-0.25, -0.2) is 5.01 Å². The number of hydrogen-bond donors (Lipinski definition) is 0. The summed E-state index contributed by atoms with van der Waals surface area (Å²) in [5, 5.41) is 6.62. The van der Waals surface area contributed by atoms with Crippen molar-refractivity contribution in [2.45, 2.75) is 38.1 Å². The van der Waals surface area contributed by atoms with Crippen molar-refractivity contribution in [2.75, 3.05) is 6.79 Å². The van der Waals surface area contributed by atoms with E-state index >= 15 is 0 Å². The Bertz CT molecular complexity index is 886. The zero-order valence-electron chi connectivity index (χ0n) is 14.5. The fourth-order valence-corrected chi connectivity index (χ4v) is 4.06. The van der Waals surface area contributed by atoms with Gasteiger partial charge in [-0.15, -0.1) is 0 Å². The van der Waals surface area contributed by atoms with Gasteiger partial charge in [-0.05, 0) is 30.5 Å². The molecule has 5 heteroatoms. The second kappa shape index (κ2) is 6.16. The second-order valence-corrected chi connectivity index (χ2v) is 7.03. The lowest BCUT2D eigenvalue weighted by atomic mass is 9.95. The maximum Gasteiger partial charge on any atom is 0.247 e. The summed E-state index contributed by atoms with van der Waals surface area (Å²) in [5.74, 6) is 1.48. The van der Waals surface area contributed by atoms with E-state index in [1.165, 1.54) is 0 Å². The lowest BCUT2D eigenvalue weighted by Crippen LogP contribution is -2.35. The Morgan fingerprint density at radius 1 is 1.00 bits per heavy atom. The molecule has 0 unspecified atom stereocenters. The molecule has 2 heterocycles. The minimum absolute atomic E-state index is 0.0583. The molecule has 0 radical (unpaired) electrons. The van der Waals surface area contributed by atoms with Crippen LogP contribution in [0.1, 0.15) is 42.4 Å². The van der Waals surface area contributed by atoms with E-state index in [2.05, 4.69) is 0 Å². The quantitative estimate of drug-likeness (QED) is 0.835. The van der Waals surface area contributed by atoms with Crippen LogP contribution in [0.5, 0.6) is 11.5 Å². The molecule has 0 N–H and O–H groups in total. The van der Waals surface area contributed by atoms with Crippen LogP contribution in [0.25, 0.3) is 0 Å². The predicted molar refractivity (Wildman–Crippen MR) is 97.5 cm³/mol. The van der Waals surface area contributed by atoms with E-state index in [0.717, 1.165) is 48.1 Å². The van der Waals surface area contributed by atoms with Gasteiger partial charge >= 0.3 is 0 Å². The molecule has 2 aliphatic heterocycles. The normalized spacial score (nSPS) is 19.3. The molecule has 1 saturated carbocycles. The van der Waals surface area contributed by atoms with Crippen LogP contribution in [0.3, 0.4) is 0 Å². The van der Waals surface area contributed by atoms with E-state index in [1.54, 1.807) is 5.01 Å². The van der Waals surface area contributed by atoms with Gasteiger partial charge in [-0.1, -0.05) is 43.2 Å². The Morgan fingerprint density at radius 2 is 1.73 bits per heavy atom. The molecule has 3 aliphatic rings. The van der Waals surface area contributed by atoms with Gasteiger partial charge in [-0.3, -0.25) is 4.79 Å². The maximum atomic E-state index is 13.0. The van der Waals surface area contributed by atoms with Crippen molar-refractivity contribution in [3.8, 4) is 11.5 Å². The third kappa shape index (κ3) is 2.55. The monoisotopic (exact) mass is 348 g/mol. The number of rotatable bonds is 2. The summed E-state index contributed by atoms with van der Waals surface area (Å²) in [6, 6.07) is 14.2. The molecule has 1 aliphatic carbocycles. The highest BCUT2D eigenvalue weighted by atomic mass is 16.7. The Morgan fingerprint density at radius 3 is 2.50 bits per heavy atom. The predicted octanol–water partition coefficient (Wildman–Crippen LogP) is 3.50. The summed E-state index contributed by atoms with van der Waals surface area (Å²) in [5.41, 5.74) is 3.73. The number of carbonyl (C=O) groups excluding carboxylic acids is 1. The summed E-state index contributed by atoms with van der Waals surface area (Å²) in [4.78, 5) is 13.0. The maximum absolute atomic E-state index is 13.0. The van der Waals surface area contributed by atoms with Gasteiger partial charge in [0.25, 0.3) is 0 Å². The first-order valence-electron chi connectivity index (χ1n) is 9.18. The van der Waals surface area contributed by atoms with Crippen LogP contribution < -0.4 is 9.47 Å². The van der Waals surface area contributed by atoms with Crippen LogP contribution in [0.2, 0.25) is 0 Å². The van der Waals surface area contributed by atoms with Crippen LogP contribution >= 0.6 is 0 Å². The van der Waals surface area contributed by atoms with Crippen molar-refractivity contribution in [1.29, 1.82) is 0 Å². The van der Waals surface area contributed by atoms with E-state index in [9.17, 15) is 4.79 Å². The van der Waals surface area contributed by atoms with Gasteiger partial charge in [0.1, 0.15) is 0 Å². The van der Waals surface area contributed by atoms with Crippen molar-refractivity contribution in [3.63, 3.8) is 0 Å². The standard InChI is InChI=1S/C21H20N2O3/c24-20-11-15-10-18-19(26-13-25-18)12-17(15)21(14-6-2-1-3-7-14)22-23(20)16-8-4-5-9-16/h1-3,6-7,10,12,16H,4-5,8-9,11,13H2. The molecule has 0 aromatic heterocycles. The molecule has 26 heavy (non-hydrogen) atoms. The molecule has 1 amide bonds. The molecule has 1 fully saturated rings. The van der Waals surface area contributed by atoms with Crippen LogP contribution in [-0.4, -0.2) is 29.5 Å². The third-order valence-electron chi connectivity index (χ3n) is 5.38. The lowest BCUT2D eigenvalue weighted by molar-refractivity contribution is -0.132. The number of amides is 1. The largest absolute Gasteiger partial charge is 0.454 e. The highest BCUT2D eigenvalue weighted by Crippen LogP contribution is 2.37. The third-order valence-corrected chi connectivity index (χ3v) is 5.38. The van der Waals surface area contributed by atoms with Crippen molar-refractivity contribution >= 4 is 11.6 Å². The molecule has 5 nitrogen and oxygen atoms in total. The van der Waals surface area contributed by atoms with Crippen LogP contribution in [0.4, 0.5) is 0 Å². The summed E-state index contributed by atoms with van der Waals surface area (Å²) in [7, 11) is 0. The average molecular weight is 348 g/mol. The Labute approximate surface area is 152 Å². The van der Waals surface area contributed by atoms with E-state index < -0.39 is 0 Å². The zero-order valence-corrected chi connectivity index (χ0v) is 14.5. The van der Waals surface area contributed by atoms with Crippen LogP contribution in [0.15, 0.2) is 47.6 Å². The van der Waals surface area contributed by atoms with Crippen molar-refractivity contribution in [1.82, 2.24) is 5.01 Å². The Balaban J connectivity index is 1.68. The molecular weight excluding hydrogens is 328 g/mol. The van der Waals surface area contributed by atoms with Crippen molar-refractivity contribution in [3.05, 3.63) is 59.2 Å². The fourth-order valence-electron chi connectivity index (χ4n) is 4.06. The summed E-state index contributed by atoms with van der Waals surface area (Å²) in [6.45, 7) is 0.220. The number of benzene rings is 2. The first-order chi connectivity index (χ1) is 12.8. The minimum Gasteiger partial charge on any atom is -0.454 e. The fraction of sp³-hybridized carbons (Fsp3) is 0.333. The zero-order chi connectivity index (χ0) is 17.5. The van der Waals surface area contributed by atoms with Gasteiger partial charge in [0, 0.05) is 11.1 Å². The summed E-state index contributed by atoms with van der Waals surface area (Å²) < 4.78 is 11.1. The topological polar surface area (TPSA) is 51.1 Å². The number of carbonyl (C=O) groups is 1. The molecule has 0 spiro atoms. The number of fused-ring (bicyclic) bond motifs is 2. The van der Waals surface area contributed by atoms with Crippen LogP contribution in [-0.2, 0) is 11.2 Å². The molecule has 132 valence electrons. The molecular formula is C21H20N2O3. The average Bonchev–Trinajstić information content (AvgIpc) is 3.32. The number of ether oxygens (including phenoxy) is 2. The Hall–Kier alpha value is -2.82. The van der Waals surface area contributed by atoms with E-state index in [-0.39, 0.29) is 18.7 Å². The number of nitrogens with zero attached hydrogens (tertiary/aromatic N) is 2. The number of hydrogen-bond acceptors (Lipinski definition) is 4. The van der Waals surface area contributed by atoms with E-state index in [4.69, 9.17) is 14.6 Å². The lowest BCUT2D eigenvalue weighted by Gasteiger charge is -2.23. The van der Waals surface area contributed by atoms with Crippen molar-refractivity contribution in [2.24, 2.45) is 5.10 Å². The molecule has 2 aromatic carbocycles. The van der Waals surface area contributed by atoms with E-state index in [0.29, 0.717) is 17.9 Å². The van der Waals surface area contributed by atoms with Gasteiger partial charge in [0.05, 0.1) is 18.2 Å². The van der Waals surface area contributed by atoms with Gasteiger partial charge in [0.2, 0.25) is 12.7 Å². The van der Waals surface area contributed by atoms with E-state index in [1.807, 2.05) is 42.5 Å². The van der Waals surface area contributed by atoms with Gasteiger partial charge in [0.15, 0.2) is 11.5 Å². The first-order valence-corrected chi connectivity index (χ1v) is 9.18. The summed E-state index contributed by atoms with van der Waals surface area (Å²) >= 11 is 0. The molecule has 5 rings (SSSR count).